The minimum Gasteiger partial charge on any atom is -0.444 e. The van der Waals surface area contributed by atoms with E-state index in [1.54, 1.807) is 45.0 Å². The van der Waals surface area contributed by atoms with Gasteiger partial charge < -0.3 is 14.5 Å². The molecule has 2 aromatic rings. The second-order valence-corrected chi connectivity index (χ2v) is 9.90. The first-order valence-corrected chi connectivity index (χ1v) is 10.7. The molecule has 154 valence electrons. The Hall–Kier alpha value is -2.13. The van der Waals surface area contributed by atoms with Crippen molar-refractivity contribution in [3.63, 3.8) is 0 Å². The number of hydrogen-bond donors (Lipinski definition) is 1. The van der Waals surface area contributed by atoms with Crippen LogP contribution in [0.4, 0.5) is 4.79 Å². The Morgan fingerprint density at radius 2 is 1.89 bits per heavy atom. The number of rotatable bonds is 6. The van der Waals surface area contributed by atoms with Gasteiger partial charge in [0.15, 0.2) is 0 Å². The molecule has 28 heavy (non-hydrogen) atoms. The number of carbonyl (C=O) groups excluding carboxylic acids is 1. The molecule has 0 spiro atoms. The first-order chi connectivity index (χ1) is 12.9. The Bertz CT molecular complexity index is 935. The lowest BCUT2D eigenvalue weighted by atomic mass is 10.1. The average Bonchev–Trinajstić information content (AvgIpc) is 3.03. The third-order valence-electron chi connectivity index (χ3n) is 3.60. The first kappa shape index (κ1) is 22.2. The maximum Gasteiger partial charge on any atom is 0.408 e. The van der Waals surface area contributed by atoms with E-state index in [-0.39, 0.29) is 17.6 Å². The summed E-state index contributed by atoms with van der Waals surface area (Å²) < 4.78 is 35.8. The number of hydrogen-bond acceptors (Lipinski definition) is 7. The molecule has 0 unspecified atom stereocenters. The molecule has 0 radical (unpaired) electrons. The molecule has 1 heterocycles. The van der Waals surface area contributed by atoms with Gasteiger partial charge in [-0.1, -0.05) is 48.7 Å². The van der Waals surface area contributed by atoms with E-state index in [0.29, 0.717) is 10.6 Å². The third kappa shape index (κ3) is 5.93. The Labute approximate surface area is 169 Å². The average molecular weight is 430 g/mol. The van der Waals surface area contributed by atoms with Gasteiger partial charge in [0.2, 0.25) is 15.7 Å². The van der Waals surface area contributed by atoms with Crippen molar-refractivity contribution >= 4 is 27.5 Å². The van der Waals surface area contributed by atoms with Crippen LogP contribution in [0.1, 0.15) is 52.1 Å². The van der Waals surface area contributed by atoms with Gasteiger partial charge in [-0.05, 0) is 38.3 Å². The van der Waals surface area contributed by atoms with E-state index < -0.39 is 32.8 Å². The van der Waals surface area contributed by atoms with Crippen molar-refractivity contribution < 1.29 is 22.4 Å². The largest absolute Gasteiger partial charge is 0.444 e. The van der Waals surface area contributed by atoms with Crippen molar-refractivity contribution in [3.8, 4) is 0 Å². The fraction of sp³-hybridized carbons (Fsp3) is 0.500. The quantitative estimate of drug-likeness (QED) is 0.740. The topological polar surface area (TPSA) is 111 Å². The van der Waals surface area contributed by atoms with Crippen LogP contribution >= 0.6 is 11.6 Å². The van der Waals surface area contributed by atoms with Crippen molar-refractivity contribution in [1.29, 1.82) is 0 Å². The van der Waals surface area contributed by atoms with Crippen LogP contribution in [0.25, 0.3) is 0 Å². The first-order valence-electron chi connectivity index (χ1n) is 8.68. The summed E-state index contributed by atoms with van der Waals surface area (Å²) in [6.45, 7) is 8.86. The van der Waals surface area contributed by atoms with Gasteiger partial charge in [0, 0.05) is 5.02 Å². The molecule has 1 amide bonds. The minimum absolute atomic E-state index is 0.0152. The van der Waals surface area contributed by atoms with Crippen molar-refractivity contribution in [2.75, 3.05) is 0 Å². The van der Waals surface area contributed by atoms with E-state index in [4.69, 9.17) is 20.8 Å². The van der Waals surface area contributed by atoms with Crippen LogP contribution in [0.5, 0.6) is 0 Å². The highest BCUT2D eigenvalue weighted by molar-refractivity contribution is 7.90. The van der Waals surface area contributed by atoms with Crippen LogP contribution in [0, 0.1) is 5.92 Å². The highest BCUT2D eigenvalue weighted by atomic mass is 35.5. The molecule has 2 rings (SSSR count). The van der Waals surface area contributed by atoms with Crippen LogP contribution in [0.3, 0.4) is 0 Å². The molecular weight excluding hydrogens is 406 g/mol. The normalized spacial score (nSPS) is 13.4. The summed E-state index contributed by atoms with van der Waals surface area (Å²) in [6, 6.07) is 5.91. The second kappa shape index (κ2) is 8.48. The molecule has 8 nitrogen and oxygen atoms in total. The van der Waals surface area contributed by atoms with E-state index in [9.17, 15) is 13.2 Å². The van der Waals surface area contributed by atoms with Crippen molar-refractivity contribution in [3.05, 3.63) is 40.7 Å². The van der Waals surface area contributed by atoms with Crippen molar-refractivity contribution in [2.45, 2.75) is 57.2 Å². The third-order valence-corrected chi connectivity index (χ3v) is 5.35. The molecule has 0 saturated carbocycles. The van der Waals surface area contributed by atoms with Gasteiger partial charge in [0.25, 0.3) is 0 Å². The van der Waals surface area contributed by atoms with Gasteiger partial charge in [0.1, 0.15) is 11.6 Å². The SMILES string of the molecule is CC(C)[C@@H](NC(=O)OC(C)(C)C)c1nnc(S(=O)(=O)Cc2ccccc2Cl)o1. The van der Waals surface area contributed by atoms with E-state index >= 15 is 0 Å². The summed E-state index contributed by atoms with van der Waals surface area (Å²) in [4.78, 5) is 12.1. The number of halogens is 1. The van der Waals surface area contributed by atoms with Crippen molar-refractivity contribution in [1.82, 2.24) is 15.5 Å². The number of amides is 1. The Morgan fingerprint density at radius 1 is 1.25 bits per heavy atom. The standard InChI is InChI=1S/C18H24ClN3O5S/c1-11(2)14(20-16(23)27-18(3,4)5)15-21-22-17(26-15)28(24,25)10-12-8-6-7-9-13(12)19/h6-9,11,14H,10H2,1-5H3,(H,20,23)/t14-/m1/s1. The van der Waals surface area contributed by atoms with Gasteiger partial charge in [-0.2, -0.15) is 0 Å². The smallest absolute Gasteiger partial charge is 0.408 e. The summed E-state index contributed by atoms with van der Waals surface area (Å²) in [5.74, 6) is -0.536. The molecule has 1 N–H and O–H groups in total. The van der Waals surface area contributed by atoms with Gasteiger partial charge in [-0.15, -0.1) is 5.10 Å². The lowest BCUT2D eigenvalue weighted by Gasteiger charge is -2.23. The Balaban J connectivity index is 2.22. The summed E-state index contributed by atoms with van der Waals surface area (Å²) in [7, 11) is -3.90. The predicted octanol–water partition coefficient (Wildman–Crippen LogP) is 3.92. The molecule has 0 aliphatic rings. The Morgan fingerprint density at radius 3 is 2.46 bits per heavy atom. The number of aromatic nitrogens is 2. The lowest BCUT2D eigenvalue weighted by molar-refractivity contribution is 0.0477. The molecule has 10 heteroatoms. The number of ether oxygens (including phenoxy) is 1. The number of alkyl carbamates (subject to hydrolysis) is 1. The maximum absolute atomic E-state index is 12.6. The molecule has 1 aromatic heterocycles. The molecule has 0 aliphatic heterocycles. The minimum atomic E-state index is -3.90. The van der Waals surface area contributed by atoms with Crippen LogP contribution in [-0.4, -0.2) is 30.3 Å². The maximum atomic E-state index is 12.6. The summed E-state index contributed by atoms with van der Waals surface area (Å²) in [5, 5.41) is 9.92. The second-order valence-electron chi connectivity index (χ2n) is 7.62. The van der Waals surface area contributed by atoms with Gasteiger partial charge in [-0.25, -0.2) is 13.2 Å². The fourth-order valence-corrected chi connectivity index (χ4v) is 3.75. The highest BCUT2D eigenvalue weighted by Gasteiger charge is 2.30. The monoisotopic (exact) mass is 429 g/mol. The fourth-order valence-electron chi connectivity index (χ4n) is 2.30. The zero-order valence-corrected chi connectivity index (χ0v) is 18.0. The molecule has 0 saturated heterocycles. The molecule has 1 atom stereocenters. The number of benzene rings is 1. The van der Waals surface area contributed by atoms with Gasteiger partial charge in [0.05, 0.1) is 5.75 Å². The van der Waals surface area contributed by atoms with Crippen molar-refractivity contribution in [2.24, 2.45) is 5.92 Å². The van der Waals surface area contributed by atoms with Crippen LogP contribution in [-0.2, 0) is 20.3 Å². The molecule has 0 aliphatic carbocycles. The molecule has 0 fully saturated rings. The van der Waals surface area contributed by atoms with E-state index in [2.05, 4.69) is 15.5 Å². The number of carbonyl (C=O) groups is 1. The summed E-state index contributed by atoms with van der Waals surface area (Å²) in [6.07, 6.45) is -0.662. The summed E-state index contributed by atoms with van der Waals surface area (Å²) >= 11 is 6.03. The van der Waals surface area contributed by atoms with Crippen LogP contribution in [0.15, 0.2) is 33.9 Å². The molecule has 0 bridgehead atoms. The molecular formula is C18H24ClN3O5S. The zero-order chi connectivity index (χ0) is 21.1. The number of sulfone groups is 1. The Kier molecular flexibility index (Phi) is 6.71. The number of nitrogens with one attached hydrogen (secondary N) is 1. The van der Waals surface area contributed by atoms with E-state index in [0.717, 1.165) is 0 Å². The van der Waals surface area contributed by atoms with E-state index in [1.165, 1.54) is 0 Å². The van der Waals surface area contributed by atoms with Gasteiger partial charge in [-0.3, -0.25) is 0 Å². The highest BCUT2D eigenvalue weighted by Crippen LogP contribution is 2.25. The number of nitrogens with zero attached hydrogens (tertiary/aromatic N) is 2. The summed E-state index contributed by atoms with van der Waals surface area (Å²) in [5.41, 5.74) is -0.250. The van der Waals surface area contributed by atoms with Crippen LogP contribution < -0.4 is 5.32 Å². The lowest BCUT2D eigenvalue weighted by Crippen LogP contribution is -2.37. The van der Waals surface area contributed by atoms with E-state index in [1.807, 2.05) is 13.8 Å². The zero-order valence-electron chi connectivity index (χ0n) is 16.4. The molecule has 1 aromatic carbocycles. The predicted molar refractivity (Wildman–Crippen MR) is 104 cm³/mol. The van der Waals surface area contributed by atoms with Gasteiger partial charge >= 0.3 is 11.3 Å². The van der Waals surface area contributed by atoms with Crippen LogP contribution in [0.2, 0.25) is 5.02 Å².